The maximum Gasteiger partial charge on any atom is 0.214 e. The number of sulfonamides is 1. The third kappa shape index (κ3) is 5.01. The van der Waals surface area contributed by atoms with E-state index in [2.05, 4.69) is 29.0 Å². The summed E-state index contributed by atoms with van der Waals surface area (Å²) in [7, 11) is -0.0174. The molecule has 0 aliphatic carbocycles. The highest BCUT2D eigenvalue weighted by Crippen LogP contribution is 2.21. The smallest absolute Gasteiger partial charge is 0.214 e. The second kappa shape index (κ2) is 7.92. The fourth-order valence-electron chi connectivity index (χ4n) is 1.61. The van der Waals surface area contributed by atoms with Crippen molar-refractivity contribution in [3.63, 3.8) is 0 Å². The van der Waals surface area contributed by atoms with Crippen molar-refractivity contribution in [1.82, 2.24) is 14.6 Å². The van der Waals surface area contributed by atoms with Crippen LogP contribution in [0.3, 0.4) is 0 Å². The van der Waals surface area contributed by atoms with Gasteiger partial charge in [-0.1, -0.05) is 0 Å². The molecule has 0 unspecified atom stereocenters. The lowest BCUT2D eigenvalue weighted by atomic mass is 10.5. The van der Waals surface area contributed by atoms with Gasteiger partial charge in [0.15, 0.2) is 5.13 Å². The predicted octanol–water partition coefficient (Wildman–Crippen LogP) is 0.970. The van der Waals surface area contributed by atoms with Crippen LogP contribution < -0.4 is 10.2 Å². The van der Waals surface area contributed by atoms with Crippen molar-refractivity contribution in [3.05, 3.63) is 11.1 Å². The van der Waals surface area contributed by atoms with E-state index in [1.54, 1.807) is 25.4 Å². The summed E-state index contributed by atoms with van der Waals surface area (Å²) in [4.78, 5) is 7.71. The van der Waals surface area contributed by atoms with E-state index in [-0.39, 0.29) is 5.75 Å². The molecule has 8 heteroatoms. The maximum absolute atomic E-state index is 11.6. The Morgan fingerprint density at radius 2 is 1.95 bits per heavy atom. The van der Waals surface area contributed by atoms with Crippen LogP contribution in [0.15, 0.2) is 6.20 Å². The third-order valence-electron chi connectivity index (χ3n) is 2.97. The van der Waals surface area contributed by atoms with Gasteiger partial charge in [0.1, 0.15) is 0 Å². The van der Waals surface area contributed by atoms with Gasteiger partial charge in [0, 0.05) is 51.3 Å². The van der Waals surface area contributed by atoms with Gasteiger partial charge in [0.05, 0.1) is 5.75 Å². The molecule has 1 rings (SSSR count). The molecule has 0 aliphatic rings. The van der Waals surface area contributed by atoms with Crippen molar-refractivity contribution in [2.24, 2.45) is 0 Å². The summed E-state index contributed by atoms with van der Waals surface area (Å²) in [5.41, 5.74) is 0. The van der Waals surface area contributed by atoms with Crippen LogP contribution in [0.5, 0.6) is 0 Å². The molecule has 0 atom stereocenters. The lowest BCUT2D eigenvalue weighted by molar-refractivity contribution is 0.517. The van der Waals surface area contributed by atoms with E-state index in [1.807, 2.05) is 6.20 Å². The minimum Gasteiger partial charge on any atom is -0.349 e. The van der Waals surface area contributed by atoms with Crippen molar-refractivity contribution < 1.29 is 8.42 Å². The number of rotatable bonds is 9. The van der Waals surface area contributed by atoms with Gasteiger partial charge in [0.2, 0.25) is 10.0 Å². The lowest BCUT2D eigenvalue weighted by Gasteiger charge is -2.16. The second-order valence-corrected chi connectivity index (χ2v) is 7.95. The lowest BCUT2D eigenvalue weighted by Crippen LogP contribution is -2.30. The highest BCUT2D eigenvalue weighted by molar-refractivity contribution is 7.89. The van der Waals surface area contributed by atoms with Crippen LogP contribution in [0.2, 0.25) is 0 Å². The van der Waals surface area contributed by atoms with Crippen molar-refractivity contribution in [3.8, 4) is 0 Å². The quantitative estimate of drug-likeness (QED) is 0.687. The molecule has 0 spiro atoms. The molecule has 1 N–H and O–H groups in total. The van der Waals surface area contributed by atoms with Gasteiger partial charge >= 0.3 is 0 Å². The Bertz CT molecular complexity index is 495. The molecule has 1 heterocycles. The van der Waals surface area contributed by atoms with Gasteiger partial charge in [-0.2, -0.15) is 0 Å². The summed E-state index contributed by atoms with van der Waals surface area (Å²) in [6.07, 6.45) is 1.85. The molecule has 0 aromatic carbocycles. The molecular weight excluding hydrogens is 296 g/mol. The molecule has 1 aromatic rings. The molecular formula is C12H24N4O2S2. The standard InChI is InChI=1S/C12H24N4O2S2/c1-5-16(6-2)12-14-10-11(19-12)9-13-7-8-20(17,18)15(3)4/h10,13H,5-9H2,1-4H3. The Morgan fingerprint density at radius 1 is 1.30 bits per heavy atom. The van der Waals surface area contributed by atoms with Crippen LogP contribution in [0.25, 0.3) is 0 Å². The van der Waals surface area contributed by atoms with Gasteiger partial charge in [-0.05, 0) is 13.8 Å². The Balaban J connectivity index is 2.40. The predicted molar refractivity (Wildman–Crippen MR) is 84.9 cm³/mol. The highest BCUT2D eigenvalue weighted by Gasteiger charge is 2.12. The van der Waals surface area contributed by atoms with E-state index in [0.717, 1.165) is 23.1 Å². The first-order valence-corrected chi connectivity index (χ1v) is 9.13. The monoisotopic (exact) mass is 320 g/mol. The van der Waals surface area contributed by atoms with Crippen LogP contribution in [-0.2, 0) is 16.6 Å². The number of aromatic nitrogens is 1. The Kier molecular flexibility index (Phi) is 6.87. The number of anilines is 1. The molecule has 20 heavy (non-hydrogen) atoms. The van der Waals surface area contributed by atoms with Gasteiger partial charge in [-0.3, -0.25) is 0 Å². The van der Waals surface area contributed by atoms with E-state index in [0.29, 0.717) is 13.1 Å². The Morgan fingerprint density at radius 3 is 2.50 bits per heavy atom. The molecule has 0 saturated carbocycles. The van der Waals surface area contributed by atoms with Crippen LogP contribution >= 0.6 is 11.3 Å². The SMILES string of the molecule is CCN(CC)c1ncc(CNCCS(=O)(=O)N(C)C)s1. The van der Waals surface area contributed by atoms with Gasteiger partial charge in [-0.15, -0.1) is 11.3 Å². The van der Waals surface area contributed by atoms with Crippen molar-refractivity contribution >= 4 is 26.5 Å². The number of nitrogens with zero attached hydrogens (tertiary/aromatic N) is 3. The van der Waals surface area contributed by atoms with Crippen molar-refractivity contribution in [2.45, 2.75) is 20.4 Å². The molecule has 0 bridgehead atoms. The summed E-state index contributed by atoms with van der Waals surface area (Å²) >= 11 is 1.65. The Hall–Kier alpha value is -0.700. The van der Waals surface area contributed by atoms with Crippen LogP contribution in [-0.4, -0.2) is 57.2 Å². The number of thiazole rings is 1. The average Bonchev–Trinajstić information content (AvgIpc) is 2.85. The van der Waals surface area contributed by atoms with Gasteiger partial charge < -0.3 is 10.2 Å². The second-order valence-electron chi connectivity index (χ2n) is 4.56. The zero-order valence-electron chi connectivity index (χ0n) is 12.6. The van der Waals surface area contributed by atoms with Crippen LogP contribution in [0, 0.1) is 0 Å². The molecule has 0 fully saturated rings. The third-order valence-corrected chi connectivity index (χ3v) is 5.86. The maximum atomic E-state index is 11.6. The number of hydrogen-bond acceptors (Lipinski definition) is 6. The first-order chi connectivity index (χ1) is 9.40. The first kappa shape index (κ1) is 17.4. The molecule has 116 valence electrons. The van der Waals surface area contributed by atoms with Crippen molar-refractivity contribution in [2.75, 3.05) is 44.4 Å². The van der Waals surface area contributed by atoms with Crippen LogP contribution in [0.1, 0.15) is 18.7 Å². The van der Waals surface area contributed by atoms with E-state index < -0.39 is 10.0 Å². The average molecular weight is 320 g/mol. The molecule has 0 saturated heterocycles. The molecule has 0 aliphatic heterocycles. The highest BCUT2D eigenvalue weighted by atomic mass is 32.2. The normalized spacial score (nSPS) is 12.1. The minimum absolute atomic E-state index is 0.113. The minimum atomic E-state index is -3.12. The zero-order valence-corrected chi connectivity index (χ0v) is 14.2. The zero-order chi connectivity index (χ0) is 15.2. The fraction of sp³-hybridized carbons (Fsp3) is 0.750. The topological polar surface area (TPSA) is 65.5 Å². The Labute approximate surface area is 125 Å². The van der Waals surface area contributed by atoms with Gasteiger partial charge in [0.25, 0.3) is 0 Å². The molecule has 6 nitrogen and oxygen atoms in total. The summed E-state index contributed by atoms with van der Waals surface area (Å²) < 4.78 is 24.4. The van der Waals surface area contributed by atoms with E-state index >= 15 is 0 Å². The first-order valence-electron chi connectivity index (χ1n) is 6.71. The van der Waals surface area contributed by atoms with Crippen LogP contribution in [0.4, 0.5) is 5.13 Å². The van der Waals surface area contributed by atoms with Crippen molar-refractivity contribution in [1.29, 1.82) is 0 Å². The fourth-order valence-corrected chi connectivity index (χ4v) is 3.39. The molecule has 0 radical (unpaired) electrons. The summed E-state index contributed by atoms with van der Waals surface area (Å²) in [6.45, 7) is 7.20. The molecule has 0 amide bonds. The van der Waals surface area contributed by atoms with E-state index in [9.17, 15) is 8.42 Å². The largest absolute Gasteiger partial charge is 0.349 e. The number of nitrogens with one attached hydrogen (secondary N) is 1. The molecule has 1 aromatic heterocycles. The van der Waals surface area contributed by atoms with Gasteiger partial charge in [-0.25, -0.2) is 17.7 Å². The summed E-state index contributed by atoms with van der Waals surface area (Å²) in [6, 6.07) is 0. The number of hydrogen-bond donors (Lipinski definition) is 1. The van der Waals surface area contributed by atoms with E-state index in [4.69, 9.17) is 0 Å². The summed E-state index contributed by atoms with van der Waals surface area (Å²) in [5.74, 6) is 0.113. The van der Waals surface area contributed by atoms with E-state index in [1.165, 1.54) is 4.31 Å². The summed E-state index contributed by atoms with van der Waals surface area (Å²) in [5, 5.41) is 4.17.